The van der Waals surface area contributed by atoms with Gasteiger partial charge in [-0.15, -0.1) is 5.10 Å². The number of anilines is 1. The van der Waals surface area contributed by atoms with Crippen LogP contribution in [-0.2, 0) is 11.3 Å². The molecule has 1 N–H and O–H groups in total. The van der Waals surface area contributed by atoms with Crippen LogP contribution in [0.3, 0.4) is 0 Å². The smallest absolute Gasteiger partial charge is 0.253 e. The van der Waals surface area contributed by atoms with E-state index in [9.17, 15) is 4.79 Å². The molecule has 39 heavy (non-hydrogen) atoms. The SMILES string of the molecule is Cc1cc(C)c2cc([C@@H](c3nnnn3C[C@H]3CCCO3)N3CCN(c4cccc(C)c4C)CC3)c(=O)[nH]c2c1. The van der Waals surface area contributed by atoms with Crippen molar-refractivity contribution in [1.29, 1.82) is 0 Å². The molecular weight excluding hydrogens is 490 g/mol. The molecule has 0 radical (unpaired) electrons. The highest BCUT2D eigenvalue weighted by Crippen LogP contribution is 2.31. The Morgan fingerprint density at radius 1 is 1.05 bits per heavy atom. The van der Waals surface area contributed by atoms with E-state index in [2.05, 4.69) is 88.3 Å². The number of hydrogen-bond donors (Lipinski definition) is 1. The molecule has 0 aliphatic carbocycles. The summed E-state index contributed by atoms with van der Waals surface area (Å²) in [5.41, 5.74) is 7.61. The van der Waals surface area contributed by atoms with E-state index in [0.717, 1.165) is 67.7 Å². The van der Waals surface area contributed by atoms with Gasteiger partial charge in [-0.25, -0.2) is 4.68 Å². The molecule has 6 rings (SSSR count). The first-order chi connectivity index (χ1) is 18.9. The number of tetrazole rings is 1. The highest BCUT2D eigenvalue weighted by atomic mass is 16.5. The van der Waals surface area contributed by atoms with Crippen LogP contribution in [-0.4, -0.2) is 69.0 Å². The Kier molecular flexibility index (Phi) is 6.95. The van der Waals surface area contributed by atoms with Crippen molar-refractivity contribution in [3.8, 4) is 0 Å². The van der Waals surface area contributed by atoms with Crippen LogP contribution >= 0.6 is 0 Å². The van der Waals surface area contributed by atoms with Crippen molar-refractivity contribution in [3.05, 3.63) is 80.4 Å². The Bertz CT molecular complexity index is 1540. The Hall–Kier alpha value is -3.56. The zero-order valence-corrected chi connectivity index (χ0v) is 23.3. The van der Waals surface area contributed by atoms with Crippen LogP contribution in [0, 0.1) is 27.7 Å². The molecule has 0 saturated carbocycles. The van der Waals surface area contributed by atoms with Crippen molar-refractivity contribution in [1.82, 2.24) is 30.1 Å². The minimum Gasteiger partial charge on any atom is -0.376 e. The first kappa shape index (κ1) is 25.7. The van der Waals surface area contributed by atoms with Gasteiger partial charge in [0.15, 0.2) is 5.82 Å². The van der Waals surface area contributed by atoms with E-state index in [1.807, 2.05) is 10.7 Å². The number of hydrogen-bond acceptors (Lipinski definition) is 7. The van der Waals surface area contributed by atoms with Crippen LogP contribution < -0.4 is 10.5 Å². The van der Waals surface area contributed by atoms with Crippen LogP contribution in [0.25, 0.3) is 10.9 Å². The molecule has 0 unspecified atom stereocenters. The summed E-state index contributed by atoms with van der Waals surface area (Å²) in [5, 5.41) is 14.0. The van der Waals surface area contributed by atoms with Gasteiger partial charge < -0.3 is 14.6 Å². The number of fused-ring (bicyclic) bond motifs is 1. The predicted octanol–water partition coefficient (Wildman–Crippen LogP) is 3.84. The first-order valence-electron chi connectivity index (χ1n) is 14.0. The van der Waals surface area contributed by atoms with Gasteiger partial charge in [-0.3, -0.25) is 9.69 Å². The van der Waals surface area contributed by atoms with Gasteiger partial charge in [-0.1, -0.05) is 18.2 Å². The summed E-state index contributed by atoms with van der Waals surface area (Å²) < 4.78 is 7.75. The van der Waals surface area contributed by atoms with Gasteiger partial charge in [-0.05, 0) is 91.4 Å². The van der Waals surface area contributed by atoms with Crippen LogP contribution in [0.1, 0.15) is 52.5 Å². The Morgan fingerprint density at radius 2 is 1.87 bits per heavy atom. The van der Waals surface area contributed by atoms with E-state index in [4.69, 9.17) is 4.74 Å². The second-order valence-corrected chi connectivity index (χ2v) is 11.1. The fourth-order valence-electron chi connectivity index (χ4n) is 6.21. The topological polar surface area (TPSA) is 92.2 Å². The molecule has 204 valence electrons. The lowest BCUT2D eigenvalue weighted by Gasteiger charge is -2.40. The number of aromatic amines is 1. The van der Waals surface area contributed by atoms with E-state index < -0.39 is 0 Å². The van der Waals surface area contributed by atoms with Gasteiger partial charge in [0.1, 0.15) is 6.04 Å². The average molecular weight is 528 g/mol. The molecule has 9 heteroatoms. The average Bonchev–Trinajstić information content (AvgIpc) is 3.60. The van der Waals surface area contributed by atoms with Crippen molar-refractivity contribution < 1.29 is 4.74 Å². The largest absolute Gasteiger partial charge is 0.376 e. The Balaban J connectivity index is 1.38. The Labute approximate surface area is 228 Å². The second kappa shape index (κ2) is 10.5. The third-order valence-electron chi connectivity index (χ3n) is 8.44. The number of rotatable bonds is 6. The summed E-state index contributed by atoms with van der Waals surface area (Å²) in [6, 6.07) is 12.4. The van der Waals surface area contributed by atoms with E-state index in [1.165, 1.54) is 16.8 Å². The molecule has 0 bridgehead atoms. The van der Waals surface area contributed by atoms with Crippen molar-refractivity contribution in [3.63, 3.8) is 0 Å². The van der Waals surface area contributed by atoms with E-state index in [-0.39, 0.29) is 17.7 Å². The highest BCUT2D eigenvalue weighted by Gasteiger charge is 2.34. The normalized spacial score (nSPS) is 19.2. The van der Waals surface area contributed by atoms with Crippen molar-refractivity contribution in [2.75, 3.05) is 37.7 Å². The maximum absolute atomic E-state index is 13.7. The molecular formula is C30H37N7O2. The maximum Gasteiger partial charge on any atom is 0.253 e. The van der Waals surface area contributed by atoms with E-state index >= 15 is 0 Å². The molecule has 0 amide bonds. The summed E-state index contributed by atoms with van der Waals surface area (Å²) >= 11 is 0. The quantitative estimate of drug-likeness (QED) is 0.407. The second-order valence-electron chi connectivity index (χ2n) is 11.1. The van der Waals surface area contributed by atoms with Gasteiger partial charge in [0.05, 0.1) is 12.6 Å². The van der Waals surface area contributed by atoms with Crippen molar-refractivity contribution >= 4 is 16.6 Å². The summed E-state index contributed by atoms with van der Waals surface area (Å²) in [5.74, 6) is 0.695. The number of benzene rings is 2. The van der Waals surface area contributed by atoms with Crippen LogP contribution in [0.4, 0.5) is 5.69 Å². The van der Waals surface area contributed by atoms with Gasteiger partial charge >= 0.3 is 0 Å². The number of H-pyrrole nitrogens is 1. The molecule has 2 aliphatic rings. The van der Waals surface area contributed by atoms with Gasteiger partial charge in [-0.2, -0.15) is 0 Å². The lowest BCUT2D eigenvalue weighted by atomic mass is 9.99. The molecule has 2 aromatic carbocycles. The van der Waals surface area contributed by atoms with Crippen molar-refractivity contribution in [2.24, 2.45) is 0 Å². The Morgan fingerprint density at radius 3 is 2.64 bits per heavy atom. The van der Waals surface area contributed by atoms with Crippen LogP contribution in [0.15, 0.2) is 41.2 Å². The fourth-order valence-corrected chi connectivity index (χ4v) is 6.21. The number of nitrogens with one attached hydrogen (secondary N) is 1. The highest BCUT2D eigenvalue weighted by molar-refractivity contribution is 5.83. The van der Waals surface area contributed by atoms with E-state index in [1.54, 1.807) is 0 Å². The zero-order valence-electron chi connectivity index (χ0n) is 23.3. The molecule has 4 aromatic rings. The summed E-state index contributed by atoms with van der Waals surface area (Å²) in [7, 11) is 0. The minimum absolute atomic E-state index is 0.0918. The molecule has 2 fully saturated rings. The monoisotopic (exact) mass is 527 g/mol. The third kappa shape index (κ3) is 4.96. The molecule has 9 nitrogen and oxygen atoms in total. The molecule has 2 aromatic heterocycles. The van der Waals surface area contributed by atoms with Crippen molar-refractivity contribution in [2.45, 2.75) is 59.2 Å². The van der Waals surface area contributed by atoms with Gasteiger partial charge in [0.2, 0.25) is 0 Å². The minimum atomic E-state index is -0.365. The lowest BCUT2D eigenvalue weighted by Crippen LogP contribution is -2.49. The number of nitrogens with zero attached hydrogens (tertiary/aromatic N) is 6. The van der Waals surface area contributed by atoms with Crippen LogP contribution in [0.5, 0.6) is 0 Å². The summed E-state index contributed by atoms with van der Waals surface area (Å²) in [6.45, 7) is 13.2. The molecule has 4 heterocycles. The van der Waals surface area contributed by atoms with E-state index in [0.29, 0.717) is 17.9 Å². The summed E-state index contributed by atoms with van der Waals surface area (Å²) in [6.07, 6.45) is 2.14. The fraction of sp³-hybridized carbons (Fsp3) is 0.467. The maximum atomic E-state index is 13.7. The zero-order chi connectivity index (χ0) is 27.1. The van der Waals surface area contributed by atoms with Gasteiger partial charge in [0.25, 0.3) is 5.56 Å². The first-order valence-corrected chi connectivity index (χ1v) is 14.0. The number of ether oxygens (including phenoxy) is 1. The molecule has 2 saturated heterocycles. The predicted molar refractivity (Wildman–Crippen MR) is 152 cm³/mol. The summed E-state index contributed by atoms with van der Waals surface area (Å²) in [4.78, 5) is 21.6. The lowest BCUT2D eigenvalue weighted by molar-refractivity contribution is 0.0906. The molecule has 2 aliphatic heterocycles. The number of piperazine rings is 1. The third-order valence-corrected chi connectivity index (χ3v) is 8.44. The number of aryl methyl sites for hydroxylation is 3. The van der Waals surface area contributed by atoms with Gasteiger partial charge in [0, 0.05) is 54.9 Å². The molecule has 2 atom stereocenters. The number of aromatic nitrogens is 5. The number of pyridine rings is 1. The molecule has 0 spiro atoms. The standard InChI is InChI=1S/C30H37N7O2/c1-19-15-21(3)24-17-25(30(38)31-26(24)16-19)28(29-32-33-34-37(29)18-23-8-6-14-39-23)36-12-10-35(11-13-36)27-9-5-7-20(2)22(27)4/h5,7,9,15-17,23,28H,6,8,10-14,18H2,1-4H3,(H,31,38)/t23-,28+/m1/s1. The van der Waals surface area contributed by atoms with Crippen LogP contribution in [0.2, 0.25) is 0 Å².